The highest BCUT2D eigenvalue weighted by Crippen LogP contribution is 2.43. The molecule has 3 nitrogen and oxygen atoms in total. The molecular weight excluding hydrogens is 498 g/mol. The van der Waals surface area contributed by atoms with Crippen LogP contribution in [0.25, 0.3) is 61.4 Å². The summed E-state index contributed by atoms with van der Waals surface area (Å²) in [5.41, 5.74) is 3.75. The molecule has 0 fully saturated rings. The third-order valence-corrected chi connectivity index (χ3v) is 8.85. The van der Waals surface area contributed by atoms with Gasteiger partial charge in [0.1, 0.15) is 12.0 Å². The summed E-state index contributed by atoms with van der Waals surface area (Å²) in [6.07, 6.45) is 6.71. The minimum atomic E-state index is -0.0646. The molecule has 0 saturated heterocycles. The van der Waals surface area contributed by atoms with Crippen molar-refractivity contribution in [3.63, 3.8) is 0 Å². The molecule has 41 heavy (non-hydrogen) atoms. The Morgan fingerprint density at radius 3 is 2.12 bits per heavy atom. The van der Waals surface area contributed by atoms with Crippen molar-refractivity contribution >= 4 is 67.1 Å². The van der Waals surface area contributed by atoms with Crippen molar-refractivity contribution in [2.24, 2.45) is 0 Å². The van der Waals surface area contributed by atoms with Gasteiger partial charge in [-0.2, -0.15) is 0 Å². The van der Waals surface area contributed by atoms with Crippen molar-refractivity contribution in [3.05, 3.63) is 143 Å². The summed E-state index contributed by atoms with van der Waals surface area (Å²) in [6.45, 7) is 0.794. The third kappa shape index (κ3) is 3.33. The molecular formula is C38H27N3. The topological polar surface area (TPSA) is 27.3 Å². The van der Waals surface area contributed by atoms with Crippen LogP contribution in [0.1, 0.15) is 11.1 Å². The minimum absolute atomic E-state index is 0.0646. The van der Waals surface area contributed by atoms with Crippen LogP contribution in [-0.2, 0) is 6.54 Å². The van der Waals surface area contributed by atoms with Gasteiger partial charge in [0.05, 0.1) is 5.69 Å². The zero-order valence-electron chi connectivity index (χ0n) is 22.4. The first-order valence-electron chi connectivity index (χ1n) is 14.3. The van der Waals surface area contributed by atoms with E-state index in [1.807, 2.05) is 0 Å². The molecule has 0 radical (unpaired) electrons. The fraction of sp³-hybridized carbons (Fsp3) is 0.0526. The number of nitrogens with one attached hydrogen (secondary N) is 2. The highest BCUT2D eigenvalue weighted by Gasteiger charge is 2.26. The molecule has 3 heteroatoms. The Hall–Kier alpha value is -5.28. The largest absolute Gasteiger partial charge is 0.367 e. The first kappa shape index (κ1) is 22.5. The zero-order valence-corrected chi connectivity index (χ0v) is 22.4. The van der Waals surface area contributed by atoms with Crippen molar-refractivity contribution in [1.29, 1.82) is 0 Å². The number of anilines is 1. The molecule has 7 aromatic rings. The van der Waals surface area contributed by atoms with Crippen molar-refractivity contribution in [3.8, 4) is 0 Å². The van der Waals surface area contributed by atoms with Gasteiger partial charge in [0.25, 0.3) is 0 Å². The molecule has 2 heterocycles. The van der Waals surface area contributed by atoms with Crippen LogP contribution in [0.4, 0.5) is 5.69 Å². The highest BCUT2D eigenvalue weighted by molar-refractivity contribution is 6.34. The van der Waals surface area contributed by atoms with Gasteiger partial charge in [-0.25, -0.2) is 0 Å². The normalized spacial score (nSPS) is 15.9. The lowest BCUT2D eigenvalue weighted by Crippen LogP contribution is -2.50. The van der Waals surface area contributed by atoms with E-state index in [0.29, 0.717) is 0 Å². The summed E-state index contributed by atoms with van der Waals surface area (Å²) in [4.78, 5) is 2.44. The van der Waals surface area contributed by atoms with Gasteiger partial charge in [0, 0.05) is 18.1 Å². The van der Waals surface area contributed by atoms with Gasteiger partial charge >= 0.3 is 0 Å². The van der Waals surface area contributed by atoms with Crippen LogP contribution in [0.15, 0.2) is 121 Å². The molecule has 194 valence electrons. The maximum absolute atomic E-state index is 3.76. The Balaban J connectivity index is 1.34. The molecule has 2 aliphatic rings. The average molecular weight is 526 g/mol. The molecule has 0 aliphatic carbocycles. The van der Waals surface area contributed by atoms with E-state index in [-0.39, 0.29) is 6.17 Å². The predicted molar refractivity (Wildman–Crippen MR) is 173 cm³/mol. The summed E-state index contributed by atoms with van der Waals surface area (Å²) in [5, 5.41) is 20.4. The molecule has 0 spiro atoms. The van der Waals surface area contributed by atoms with Crippen LogP contribution in [0.5, 0.6) is 0 Å². The fourth-order valence-electron chi connectivity index (χ4n) is 6.98. The molecule has 9 rings (SSSR count). The Morgan fingerprint density at radius 1 is 0.585 bits per heavy atom. The van der Waals surface area contributed by atoms with E-state index in [2.05, 4.69) is 149 Å². The van der Waals surface area contributed by atoms with E-state index in [1.54, 1.807) is 0 Å². The second-order valence-electron chi connectivity index (χ2n) is 11.1. The van der Waals surface area contributed by atoms with Crippen molar-refractivity contribution in [2.75, 3.05) is 4.90 Å². The molecule has 0 amide bonds. The maximum atomic E-state index is 3.76. The lowest BCUT2D eigenvalue weighted by Gasteiger charge is -2.37. The second kappa shape index (κ2) is 8.61. The smallest absolute Gasteiger partial charge is 0.125 e. The third-order valence-electron chi connectivity index (χ3n) is 8.85. The molecule has 2 N–H and O–H groups in total. The van der Waals surface area contributed by atoms with Gasteiger partial charge < -0.3 is 15.5 Å². The van der Waals surface area contributed by atoms with Gasteiger partial charge in [-0.1, -0.05) is 109 Å². The van der Waals surface area contributed by atoms with Crippen LogP contribution in [0.3, 0.4) is 0 Å². The van der Waals surface area contributed by atoms with E-state index in [0.717, 1.165) is 12.4 Å². The summed E-state index contributed by atoms with van der Waals surface area (Å²) >= 11 is 0. The van der Waals surface area contributed by atoms with Crippen LogP contribution in [-0.4, -0.2) is 6.17 Å². The van der Waals surface area contributed by atoms with Crippen molar-refractivity contribution in [2.45, 2.75) is 12.7 Å². The van der Waals surface area contributed by atoms with E-state index in [4.69, 9.17) is 0 Å². The first-order valence-corrected chi connectivity index (χ1v) is 14.3. The van der Waals surface area contributed by atoms with Gasteiger partial charge in [-0.15, -0.1) is 0 Å². The minimum Gasteiger partial charge on any atom is -0.367 e. The van der Waals surface area contributed by atoms with E-state index < -0.39 is 0 Å². The molecule has 0 unspecified atom stereocenters. The number of benzene rings is 7. The summed E-state index contributed by atoms with van der Waals surface area (Å²) in [6, 6.07) is 42.0. The van der Waals surface area contributed by atoms with Gasteiger partial charge in [0.15, 0.2) is 0 Å². The lowest BCUT2D eigenvalue weighted by atomic mass is 9.89. The monoisotopic (exact) mass is 525 g/mol. The average Bonchev–Trinajstić information content (AvgIpc) is 3.04. The van der Waals surface area contributed by atoms with Crippen LogP contribution in [0, 0.1) is 0 Å². The Labute approximate surface area is 237 Å². The number of nitrogens with zero attached hydrogens (tertiary/aromatic N) is 1. The van der Waals surface area contributed by atoms with Crippen LogP contribution in [0.2, 0.25) is 0 Å². The van der Waals surface area contributed by atoms with Crippen molar-refractivity contribution < 1.29 is 0 Å². The van der Waals surface area contributed by atoms with E-state index in [1.165, 1.54) is 70.3 Å². The van der Waals surface area contributed by atoms with Crippen molar-refractivity contribution in [1.82, 2.24) is 10.6 Å². The number of hydrogen-bond donors (Lipinski definition) is 2. The summed E-state index contributed by atoms with van der Waals surface area (Å²) < 4.78 is 0. The Bertz CT molecular complexity index is 2260. The summed E-state index contributed by atoms with van der Waals surface area (Å²) in [7, 11) is 0. The number of hydrogen-bond acceptors (Lipinski definition) is 3. The van der Waals surface area contributed by atoms with Crippen LogP contribution >= 0.6 is 0 Å². The predicted octanol–water partition coefficient (Wildman–Crippen LogP) is 6.79. The molecule has 7 aromatic carbocycles. The van der Waals surface area contributed by atoms with Gasteiger partial charge in [-0.3, -0.25) is 0 Å². The Morgan fingerprint density at radius 2 is 1.27 bits per heavy atom. The fourth-order valence-corrected chi connectivity index (χ4v) is 6.98. The standard InChI is InChI=1S/C38H27N3/c1-3-10-27-22-39-35(20-25(27)8-1)41(36-21-26-9-2-4-11-28(26)23-40-36)34-19-18-32-30-15-6-13-24-12-5-14-29(37(24)30)31-16-7-17-33(34)38(31)32/h1-22,35,39-40H,23H2/t35-/m0/s1. The van der Waals surface area contributed by atoms with E-state index in [9.17, 15) is 0 Å². The van der Waals surface area contributed by atoms with E-state index >= 15 is 0 Å². The SMILES string of the molecule is C1=C(N(c2ccc3c4cccc5cccc(c6cccc2c63)c54)[C@H]2C=c3ccccc3=CN2)NCc2ccccc21. The molecule has 0 bridgehead atoms. The zero-order chi connectivity index (χ0) is 26.9. The molecule has 1 atom stereocenters. The quantitative estimate of drug-likeness (QED) is 0.196. The Kier molecular flexibility index (Phi) is 4.73. The second-order valence-corrected chi connectivity index (χ2v) is 11.1. The summed E-state index contributed by atoms with van der Waals surface area (Å²) in [5.74, 6) is 1.09. The molecule has 0 aromatic heterocycles. The number of rotatable bonds is 3. The maximum Gasteiger partial charge on any atom is 0.125 e. The first-order chi connectivity index (χ1) is 20.3. The van der Waals surface area contributed by atoms with Gasteiger partial charge in [-0.05, 0) is 77.5 Å². The number of fused-ring (bicyclic) bond motifs is 4. The van der Waals surface area contributed by atoms with Gasteiger partial charge in [0.2, 0.25) is 0 Å². The lowest BCUT2D eigenvalue weighted by molar-refractivity contribution is 0.666. The highest BCUT2D eigenvalue weighted by atomic mass is 15.3. The molecule has 0 saturated carbocycles. The van der Waals surface area contributed by atoms with Crippen LogP contribution < -0.4 is 26.0 Å². The molecule has 2 aliphatic heterocycles.